The lowest BCUT2D eigenvalue weighted by atomic mass is 9.88. The number of halogens is 3. The van der Waals surface area contributed by atoms with Crippen LogP contribution in [0.2, 0.25) is 15.1 Å². The Labute approximate surface area is 163 Å². The van der Waals surface area contributed by atoms with Crippen molar-refractivity contribution >= 4 is 57.4 Å². The molecule has 0 spiro atoms. The summed E-state index contributed by atoms with van der Waals surface area (Å²) in [6.45, 7) is 0. The molecule has 1 heterocycles. The number of nitrogens with zero attached hydrogens (tertiary/aromatic N) is 1. The van der Waals surface area contributed by atoms with E-state index >= 15 is 0 Å². The van der Waals surface area contributed by atoms with Crippen LogP contribution in [0.3, 0.4) is 0 Å². The van der Waals surface area contributed by atoms with Crippen LogP contribution < -0.4 is 5.43 Å². The molecule has 0 fully saturated rings. The molecular formula is C19H12Cl3NO3. The minimum atomic E-state index is -1.06. The number of hydrogen-bond donors (Lipinski definition) is 2. The van der Waals surface area contributed by atoms with Gasteiger partial charge in [-0.1, -0.05) is 40.9 Å². The topological polar surface area (TPSA) is 62.5 Å². The van der Waals surface area contributed by atoms with E-state index in [9.17, 15) is 15.1 Å². The van der Waals surface area contributed by atoms with Crippen molar-refractivity contribution in [2.75, 3.05) is 0 Å². The fraction of sp³-hybridized carbons (Fsp3) is 0.105. The molecule has 1 aliphatic rings. The van der Waals surface area contributed by atoms with Gasteiger partial charge in [-0.15, -0.1) is 0 Å². The molecule has 1 aliphatic carbocycles. The molecule has 1 atom stereocenters. The van der Waals surface area contributed by atoms with Crippen molar-refractivity contribution in [1.82, 2.24) is 4.73 Å². The average Bonchev–Trinajstić information content (AvgIpc) is 2.61. The number of aliphatic hydroxyl groups is 1. The van der Waals surface area contributed by atoms with Crippen LogP contribution in [0.5, 0.6) is 0 Å². The summed E-state index contributed by atoms with van der Waals surface area (Å²) in [4.78, 5) is 12.8. The zero-order chi connectivity index (χ0) is 18.6. The molecule has 7 heteroatoms. The Morgan fingerprint density at radius 1 is 1.04 bits per heavy atom. The maximum Gasteiger partial charge on any atom is 0.196 e. The van der Waals surface area contributed by atoms with Crippen molar-refractivity contribution in [1.29, 1.82) is 0 Å². The first-order valence-corrected chi connectivity index (χ1v) is 8.91. The molecule has 0 radical (unpaired) electrons. The molecule has 1 aromatic heterocycles. The van der Waals surface area contributed by atoms with Crippen molar-refractivity contribution in [3.63, 3.8) is 0 Å². The standard InChI is InChI=1S/C19H12Cl3NO3/c20-11-2-4-15-12(8-11)19(25)18-16(23(15)26)6-10(7-17(18)24)9-1-3-13(21)14(22)5-9/h1-6,8,17,24,26H,7H2. The lowest BCUT2D eigenvalue weighted by Gasteiger charge is -2.24. The maximum atomic E-state index is 12.8. The average molecular weight is 409 g/mol. The molecule has 4 nitrogen and oxygen atoms in total. The third kappa shape index (κ3) is 2.70. The summed E-state index contributed by atoms with van der Waals surface area (Å²) < 4.78 is 0.905. The van der Waals surface area contributed by atoms with E-state index in [1.54, 1.807) is 36.4 Å². The highest BCUT2D eigenvalue weighted by molar-refractivity contribution is 6.42. The van der Waals surface area contributed by atoms with Gasteiger partial charge in [-0.05, 0) is 47.5 Å². The van der Waals surface area contributed by atoms with E-state index in [1.165, 1.54) is 6.07 Å². The first-order valence-electron chi connectivity index (χ1n) is 7.78. The van der Waals surface area contributed by atoms with E-state index < -0.39 is 6.10 Å². The van der Waals surface area contributed by atoms with Crippen LogP contribution in [0.25, 0.3) is 22.6 Å². The summed E-state index contributed by atoms with van der Waals surface area (Å²) >= 11 is 18.0. The van der Waals surface area contributed by atoms with Crippen molar-refractivity contribution in [3.8, 4) is 0 Å². The van der Waals surface area contributed by atoms with E-state index in [4.69, 9.17) is 34.8 Å². The molecule has 0 bridgehead atoms. The van der Waals surface area contributed by atoms with Gasteiger partial charge in [0.05, 0.1) is 38.3 Å². The monoisotopic (exact) mass is 407 g/mol. The van der Waals surface area contributed by atoms with E-state index in [0.29, 0.717) is 20.6 Å². The maximum absolute atomic E-state index is 12.8. The molecule has 0 saturated carbocycles. The number of aromatic nitrogens is 1. The Bertz CT molecular complexity index is 1150. The molecule has 2 aromatic carbocycles. The summed E-state index contributed by atoms with van der Waals surface area (Å²) in [6, 6.07) is 9.76. The van der Waals surface area contributed by atoms with Crippen LogP contribution in [-0.4, -0.2) is 15.0 Å². The number of hydrogen-bond acceptors (Lipinski definition) is 3. The molecule has 2 N–H and O–H groups in total. The number of benzene rings is 2. The summed E-state index contributed by atoms with van der Waals surface area (Å²) in [6.07, 6.45) is 0.831. The van der Waals surface area contributed by atoms with Gasteiger partial charge in [-0.25, -0.2) is 0 Å². The molecule has 26 heavy (non-hydrogen) atoms. The van der Waals surface area contributed by atoms with Crippen LogP contribution in [0.4, 0.5) is 0 Å². The van der Waals surface area contributed by atoms with Gasteiger partial charge >= 0.3 is 0 Å². The van der Waals surface area contributed by atoms with Crippen LogP contribution in [0.15, 0.2) is 41.2 Å². The summed E-state index contributed by atoms with van der Waals surface area (Å²) in [5.41, 5.74) is 1.85. The van der Waals surface area contributed by atoms with Crippen LogP contribution in [-0.2, 0) is 0 Å². The Morgan fingerprint density at radius 3 is 2.54 bits per heavy atom. The molecule has 132 valence electrons. The molecule has 0 saturated heterocycles. The van der Waals surface area contributed by atoms with E-state index in [2.05, 4.69) is 0 Å². The van der Waals surface area contributed by atoms with E-state index in [-0.39, 0.29) is 28.5 Å². The highest BCUT2D eigenvalue weighted by atomic mass is 35.5. The Kier molecular flexibility index (Phi) is 4.24. The van der Waals surface area contributed by atoms with Crippen molar-refractivity contribution in [2.24, 2.45) is 0 Å². The van der Waals surface area contributed by atoms with Crippen LogP contribution >= 0.6 is 34.8 Å². The van der Waals surface area contributed by atoms with Crippen molar-refractivity contribution in [3.05, 3.63) is 78.5 Å². The van der Waals surface area contributed by atoms with Gasteiger partial charge in [0.15, 0.2) is 5.43 Å². The van der Waals surface area contributed by atoms with Crippen molar-refractivity contribution in [2.45, 2.75) is 12.5 Å². The minimum absolute atomic E-state index is 0.145. The fourth-order valence-corrected chi connectivity index (χ4v) is 3.74. The number of aliphatic hydroxyl groups excluding tert-OH is 1. The molecule has 1 unspecified atom stereocenters. The quantitative estimate of drug-likeness (QED) is 0.546. The highest BCUT2D eigenvalue weighted by Crippen LogP contribution is 2.37. The van der Waals surface area contributed by atoms with E-state index in [0.717, 1.165) is 15.9 Å². The van der Waals surface area contributed by atoms with Crippen LogP contribution in [0.1, 0.15) is 29.3 Å². The molecule has 3 aromatic rings. The Hall–Kier alpha value is -1.98. The van der Waals surface area contributed by atoms with Gasteiger partial charge in [-0.2, -0.15) is 4.73 Å². The largest absolute Gasteiger partial charge is 0.428 e. The summed E-state index contributed by atoms with van der Waals surface area (Å²) in [7, 11) is 0. The first-order chi connectivity index (χ1) is 12.4. The smallest absolute Gasteiger partial charge is 0.196 e. The highest BCUT2D eigenvalue weighted by Gasteiger charge is 2.27. The first kappa shape index (κ1) is 17.4. The summed E-state index contributed by atoms with van der Waals surface area (Å²) in [5.74, 6) is 0. The van der Waals surface area contributed by atoms with E-state index in [1.807, 2.05) is 0 Å². The normalized spacial score (nSPS) is 16.5. The number of rotatable bonds is 1. The van der Waals surface area contributed by atoms with Gasteiger partial charge < -0.3 is 10.3 Å². The molecule has 0 amide bonds. The van der Waals surface area contributed by atoms with Gasteiger partial charge in [0, 0.05) is 11.4 Å². The predicted molar refractivity (Wildman–Crippen MR) is 104 cm³/mol. The Morgan fingerprint density at radius 2 is 1.81 bits per heavy atom. The fourth-order valence-electron chi connectivity index (χ4n) is 3.27. The lowest BCUT2D eigenvalue weighted by molar-refractivity contribution is 0.165. The number of fused-ring (bicyclic) bond motifs is 2. The van der Waals surface area contributed by atoms with Gasteiger partial charge in [0.2, 0.25) is 0 Å². The number of pyridine rings is 1. The van der Waals surface area contributed by atoms with Crippen molar-refractivity contribution < 1.29 is 10.3 Å². The van der Waals surface area contributed by atoms with Gasteiger partial charge in [0.1, 0.15) is 0 Å². The van der Waals surface area contributed by atoms with Crippen LogP contribution in [0, 0.1) is 0 Å². The lowest BCUT2D eigenvalue weighted by Crippen LogP contribution is -2.23. The zero-order valence-electron chi connectivity index (χ0n) is 13.2. The SMILES string of the molecule is O=c1c2c(n(O)c3ccc(Cl)cc13)C=C(c1ccc(Cl)c(Cl)c1)CC2O. The second-order valence-electron chi connectivity index (χ2n) is 6.12. The second-order valence-corrected chi connectivity index (χ2v) is 7.37. The van der Waals surface area contributed by atoms with Gasteiger partial charge in [-0.3, -0.25) is 4.79 Å². The zero-order valence-corrected chi connectivity index (χ0v) is 15.5. The molecule has 0 aliphatic heterocycles. The molecular weight excluding hydrogens is 397 g/mol. The Balaban J connectivity index is 1.99. The third-order valence-corrected chi connectivity index (χ3v) is 5.50. The predicted octanol–water partition coefficient (Wildman–Crippen LogP) is 5.18. The third-order valence-electron chi connectivity index (χ3n) is 4.53. The second kappa shape index (κ2) is 6.32. The van der Waals surface area contributed by atoms with Gasteiger partial charge in [0.25, 0.3) is 0 Å². The summed E-state index contributed by atoms with van der Waals surface area (Å²) in [5, 5.41) is 22.7. The molecule has 4 rings (SSSR count). The minimum Gasteiger partial charge on any atom is -0.428 e.